The molecule has 1 unspecified atom stereocenters. The Labute approximate surface area is 132 Å². The summed E-state index contributed by atoms with van der Waals surface area (Å²) in [6, 6.07) is 10.4. The molecule has 2 aromatic rings. The fourth-order valence-corrected chi connectivity index (χ4v) is 3.29. The van der Waals surface area contributed by atoms with Gasteiger partial charge < -0.3 is 4.74 Å². The Kier molecular flexibility index (Phi) is 4.95. The summed E-state index contributed by atoms with van der Waals surface area (Å²) in [7, 11) is 1.68. The number of alkyl halides is 1. The van der Waals surface area contributed by atoms with Crippen molar-refractivity contribution < 1.29 is 4.74 Å². The third-order valence-electron chi connectivity index (χ3n) is 4.31. The van der Waals surface area contributed by atoms with Crippen molar-refractivity contribution in [1.29, 1.82) is 0 Å². The van der Waals surface area contributed by atoms with Gasteiger partial charge in [-0.2, -0.15) is 0 Å². The average molecular weight is 303 g/mol. The number of ether oxygens (including phenoxy) is 1. The fraction of sp³-hybridized carbons (Fsp3) is 0.368. The molecule has 0 N–H and O–H groups in total. The molecule has 0 fully saturated rings. The lowest BCUT2D eigenvalue weighted by atomic mass is 9.90. The number of rotatable bonds is 4. The van der Waals surface area contributed by atoms with Crippen molar-refractivity contribution in [3.05, 3.63) is 63.7 Å². The Hall–Kier alpha value is -1.47. The number of benzene rings is 2. The van der Waals surface area contributed by atoms with Gasteiger partial charge in [-0.15, -0.1) is 11.6 Å². The van der Waals surface area contributed by atoms with Crippen LogP contribution in [0.4, 0.5) is 0 Å². The maximum Gasteiger partial charge on any atom is 0.118 e. The molecule has 0 spiro atoms. The molecule has 1 atom stereocenters. The number of aryl methyl sites for hydroxylation is 2. The van der Waals surface area contributed by atoms with Crippen LogP contribution in [0.3, 0.4) is 0 Å². The first kappa shape index (κ1) is 15.9. The first-order chi connectivity index (χ1) is 9.93. The van der Waals surface area contributed by atoms with Crippen molar-refractivity contribution >= 4 is 11.6 Å². The van der Waals surface area contributed by atoms with Gasteiger partial charge in [0.25, 0.3) is 0 Å². The molecular formula is C19H23ClO. The second-order valence-electron chi connectivity index (χ2n) is 5.69. The largest absolute Gasteiger partial charge is 0.497 e. The number of methoxy groups -OCH3 is 1. The molecule has 0 heterocycles. The van der Waals surface area contributed by atoms with E-state index in [2.05, 4.69) is 45.9 Å². The van der Waals surface area contributed by atoms with Crippen LogP contribution in [0, 0.1) is 27.7 Å². The van der Waals surface area contributed by atoms with Gasteiger partial charge >= 0.3 is 0 Å². The standard InChI is InChI=1S/C19H23ClO/c1-12-10-13(2)15(4)19(14(12)3)18(20)11-16-6-8-17(21-5)9-7-16/h6-10,18H,11H2,1-5H3. The van der Waals surface area contributed by atoms with Gasteiger partial charge in [0.2, 0.25) is 0 Å². The van der Waals surface area contributed by atoms with Crippen molar-refractivity contribution in [2.45, 2.75) is 39.5 Å². The zero-order valence-electron chi connectivity index (χ0n) is 13.5. The number of hydrogen-bond donors (Lipinski definition) is 0. The third-order valence-corrected chi connectivity index (χ3v) is 4.68. The van der Waals surface area contributed by atoms with Crippen LogP contribution in [-0.2, 0) is 6.42 Å². The SMILES string of the molecule is COc1ccc(CC(Cl)c2c(C)c(C)cc(C)c2C)cc1. The molecule has 0 aromatic heterocycles. The first-order valence-electron chi connectivity index (χ1n) is 7.28. The average Bonchev–Trinajstić information content (AvgIpc) is 2.46. The normalized spacial score (nSPS) is 12.3. The predicted octanol–water partition coefficient (Wildman–Crippen LogP) is 5.45. The molecule has 2 heteroatoms. The molecular weight excluding hydrogens is 280 g/mol. The van der Waals surface area contributed by atoms with Crippen LogP contribution >= 0.6 is 11.6 Å². The number of hydrogen-bond acceptors (Lipinski definition) is 1. The second-order valence-corrected chi connectivity index (χ2v) is 6.22. The Morgan fingerprint density at radius 3 is 1.95 bits per heavy atom. The molecule has 0 bridgehead atoms. The van der Waals surface area contributed by atoms with E-state index in [4.69, 9.17) is 16.3 Å². The molecule has 21 heavy (non-hydrogen) atoms. The quantitative estimate of drug-likeness (QED) is 0.682. The highest BCUT2D eigenvalue weighted by Gasteiger charge is 2.17. The molecule has 112 valence electrons. The van der Waals surface area contributed by atoms with E-state index in [1.165, 1.54) is 33.4 Å². The van der Waals surface area contributed by atoms with Crippen molar-refractivity contribution in [3.63, 3.8) is 0 Å². The van der Waals surface area contributed by atoms with Crippen LogP contribution < -0.4 is 4.74 Å². The van der Waals surface area contributed by atoms with Gasteiger partial charge in [0.1, 0.15) is 5.75 Å². The van der Waals surface area contributed by atoms with E-state index in [1.807, 2.05) is 12.1 Å². The Morgan fingerprint density at radius 2 is 1.48 bits per heavy atom. The molecule has 0 aliphatic carbocycles. The van der Waals surface area contributed by atoms with E-state index in [0.29, 0.717) is 0 Å². The molecule has 0 saturated carbocycles. The summed E-state index contributed by atoms with van der Waals surface area (Å²) in [6.07, 6.45) is 0.829. The second kappa shape index (κ2) is 6.53. The lowest BCUT2D eigenvalue weighted by Gasteiger charge is -2.20. The zero-order chi connectivity index (χ0) is 15.6. The zero-order valence-corrected chi connectivity index (χ0v) is 14.2. The molecule has 2 rings (SSSR count). The molecule has 1 nitrogen and oxygen atoms in total. The van der Waals surface area contributed by atoms with Crippen LogP contribution in [0.1, 0.15) is 38.8 Å². The van der Waals surface area contributed by atoms with Crippen molar-refractivity contribution in [1.82, 2.24) is 0 Å². The van der Waals surface area contributed by atoms with E-state index in [1.54, 1.807) is 7.11 Å². The van der Waals surface area contributed by atoms with Gasteiger partial charge in [-0.1, -0.05) is 18.2 Å². The summed E-state index contributed by atoms with van der Waals surface area (Å²) >= 11 is 6.74. The summed E-state index contributed by atoms with van der Waals surface area (Å²) < 4.78 is 5.20. The topological polar surface area (TPSA) is 9.23 Å². The van der Waals surface area contributed by atoms with Gasteiger partial charge in [0.15, 0.2) is 0 Å². The van der Waals surface area contributed by atoms with Gasteiger partial charge in [-0.25, -0.2) is 0 Å². The van der Waals surface area contributed by atoms with Gasteiger partial charge in [-0.05, 0) is 79.6 Å². The monoisotopic (exact) mass is 302 g/mol. The third kappa shape index (κ3) is 3.41. The Balaban J connectivity index is 2.29. The van der Waals surface area contributed by atoms with E-state index in [-0.39, 0.29) is 5.38 Å². The van der Waals surface area contributed by atoms with E-state index >= 15 is 0 Å². The molecule has 0 aliphatic rings. The maximum absolute atomic E-state index is 6.74. The summed E-state index contributed by atoms with van der Waals surface area (Å²) in [5.74, 6) is 0.878. The molecule has 0 saturated heterocycles. The van der Waals surface area contributed by atoms with Crippen LogP contribution in [0.2, 0.25) is 0 Å². The maximum atomic E-state index is 6.74. The molecule has 0 amide bonds. The van der Waals surface area contributed by atoms with Crippen molar-refractivity contribution in [3.8, 4) is 5.75 Å². The highest BCUT2D eigenvalue weighted by molar-refractivity contribution is 6.21. The summed E-state index contributed by atoms with van der Waals surface area (Å²) in [6.45, 7) is 8.64. The lowest BCUT2D eigenvalue weighted by Crippen LogP contribution is -2.04. The van der Waals surface area contributed by atoms with Crippen LogP contribution in [0.5, 0.6) is 5.75 Å². The molecule has 0 radical (unpaired) electrons. The van der Waals surface area contributed by atoms with Crippen LogP contribution in [0.25, 0.3) is 0 Å². The van der Waals surface area contributed by atoms with Gasteiger partial charge in [-0.3, -0.25) is 0 Å². The number of halogens is 1. The van der Waals surface area contributed by atoms with Crippen molar-refractivity contribution in [2.75, 3.05) is 7.11 Å². The van der Waals surface area contributed by atoms with Crippen LogP contribution in [-0.4, -0.2) is 7.11 Å². The smallest absolute Gasteiger partial charge is 0.118 e. The fourth-order valence-electron chi connectivity index (χ4n) is 2.79. The summed E-state index contributed by atoms with van der Waals surface area (Å²) in [4.78, 5) is 0. The van der Waals surface area contributed by atoms with E-state index < -0.39 is 0 Å². The highest BCUT2D eigenvalue weighted by Crippen LogP contribution is 2.33. The summed E-state index contributed by atoms with van der Waals surface area (Å²) in [5, 5.41) is -0.00278. The predicted molar refractivity (Wildman–Crippen MR) is 90.7 cm³/mol. The van der Waals surface area contributed by atoms with Gasteiger partial charge in [0, 0.05) is 0 Å². The minimum Gasteiger partial charge on any atom is -0.497 e. The lowest BCUT2D eigenvalue weighted by molar-refractivity contribution is 0.414. The molecule has 0 aliphatic heterocycles. The molecule has 2 aromatic carbocycles. The summed E-state index contributed by atoms with van der Waals surface area (Å²) in [5.41, 5.74) is 7.76. The van der Waals surface area contributed by atoms with Crippen LogP contribution in [0.15, 0.2) is 30.3 Å². The van der Waals surface area contributed by atoms with E-state index in [9.17, 15) is 0 Å². The Bertz CT molecular complexity index is 603. The minimum absolute atomic E-state index is 0.00278. The van der Waals surface area contributed by atoms with E-state index in [0.717, 1.165) is 12.2 Å². The van der Waals surface area contributed by atoms with Crippen molar-refractivity contribution in [2.24, 2.45) is 0 Å². The Morgan fingerprint density at radius 1 is 0.952 bits per heavy atom. The van der Waals surface area contributed by atoms with Gasteiger partial charge in [0.05, 0.1) is 12.5 Å². The first-order valence-corrected chi connectivity index (χ1v) is 7.72. The highest BCUT2D eigenvalue weighted by atomic mass is 35.5. The minimum atomic E-state index is -0.00278.